The van der Waals surface area contributed by atoms with Gasteiger partial charge in [-0.2, -0.15) is 0 Å². The molecular formula is C18H21ClN2O2S. The van der Waals surface area contributed by atoms with E-state index in [1.165, 1.54) is 17.7 Å². The number of sulfone groups is 1. The fourth-order valence-electron chi connectivity index (χ4n) is 3.35. The molecule has 0 saturated heterocycles. The standard InChI is InChI=1S/C18H21ClN2O2S/c1-2-12-3-5-13(6-4-12)16-17(18(16,21)11-20)24(22,23)15-9-7-14(19)8-10-15/h3-10,16-17H,2,11,20-21H2,1H3/t16-,17-,18+/m1/s1. The van der Waals surface area contributed by atoms with E-state index in [1.54, 1.807) is 12.1 Å². The van der Waals surface area contributed by atoms with Crippen LogP contribution in [0.2, 0.25) is 5.02 Å². The summed E-state index contributed by atoms with van der Waals surface area (Å²) in [5.41, 5.74) is 13.4. The molecule has 4 nitrogen and oxygen atoms in total. The van der Waals surface area contributed by atoms with Crippen molar-refractivity contribution in [2.24, 2.45) is 11.5 Å². The lowest BCUT2D eigenvalue weighted by atomic mass is 10.0. The van der Waals surface area contributed by atoms with Crippen molar-refractivity contribution in [3.05, 3.63) is 64.7 Å². The van der Waals surface area contributed by atoms with Gasteiger partial charge < -0.3 is 11.5 Å². The van der Waals surface area contributed by atoms with Crippen molar-refractivity contribution in [2.45, 2.75) is 34.9 Å². The van der Waals surface area contributed by atoms with Crippen molar-refractivity contribution in [1.82, 2.24) is 0 Å². The number of hydrogen-bond acceptors (Lipinski definition) is 4. The molecule has 4 N–H and O–H groups in total. The molecule has 0 unspecified atom stereocenters. The van der Waals surface area contributed by atoms with E-state index in [9.17, 15) is 8.42 Å². The molecule has 0 radical (unpaired) electrons. The minimum absolute atomic E-state index is 0.116. The number of hydrogen-bond donors (Lipinski definition) is 2. The van der Waals surface area contributed by atoms with Crippen LogP contribution in [0, 0.1) is 0 Å². The van der Waals surface area contributed by atoms with Gasteiger partial charge in [0.05, 0.1) is 15.7 Å². The topological polar surface area (TPSA) is 86.2 Å². The van der Waals surface area contributed by atoms with Crippen molar-refractivity contribution < 1.29 is 8.42 Å². The highest BCUT2D eigenvalue weighted by molar-refractivity contribution is 7.92. The molecule has 3 rings (SSSR count). The molecule has 1 fully saturated rings. The molecule has 2 aromatic carbocycles. The molecule has 1 aliphatic rings. The molecule has 0 aromatic heterocycles. The summed E-state index contributed by atoms with van der Waals surface area (Å²) in [6.45, 7) is 2.19. The zero-order valence-electron chi connectivity index (χ0n) is 13.4. The SMILES string of the molecule is CCc1ccc([C@@H]2[C@@H](S(=O)(=O)c3ccc(Cl)cc3)[C@]2(N)CN)cc1. The first kappa shape index (κ1) is 17.4. The van der Waals surface area contributed by atoms with E-state index >= 15 is 0 Å². The van der Waals surface area contributed by atoms with Crippen LogP contribution in [0.4, 0.5) is 0 Å². The second-order valence-electron chi connectivity index (χ2n) is 6.31. The summed E-state index contributed by atoms with van der Waals surface area (Å²) in [6, 6.07) is 14.1. The van der Waals surface area contributed by atoms with Gasteiger partial charge in [-0.1, -0.05) is 42.8 Å². The fraction of sp³-hybridized carbons (Fsp3) is 0.333. The largest absolute Gasteiger partial charge is 0.329 e. The normalized spacial score (nSPS) is 26.3. The van der Waals surface area contributed by atoms with E-state index in [1.807, 2.05) is 24.3 Å². The van der Waals surface area contributed by atoms with Crippen LogP contribution in [-0.2, 0) is 16.3 Å². The summed E-state index contributed by atoms with van der Waals surface area (Å²) >= 11 is 5.85. The molecule has 1 saturated carbocycles. The highest BCUT2D eigenvalue weighted by Gasteiger charge is 2.68. The van der Waals surface area contributed by atoms with Gasteiger partial charge in [-0.15, -0.1) is 0 Å². The third-order valence-corrected chi connectivity index (χ3v) is 7.44. The molecule has 0 bridgehead atoms. The van der Waals surface area contributed by atoms with Gasteiger partial charge in [0.1, 0.15) is 0 Å². The van der Waals surface area contributed by atoms with E-state index in [4.69, 9.17) is 23.1 Å². The second-order valence-corrected chi connectivity index (χ2v) is 8.81. The van der Waals surface area contributed by atoms with Crippen LogP contribution in [-0.4, -0.2) is 25.8 Å². The van der Waals surface area contributed by atoms with Gasteiger partial charge in [0.2, 0.25) is 0 Å². The van der Waals surface area contributed by atoms with Gasteiger partial charge in [-0.25, -0.2) is 8.42 Å². The molecule has 0 spiro atoms. The van der Waals surface area contributed by atoms with E-state index in [-0.39, 0.29) is 17.4 Å². The molecule has 0 aliphatic heterocycles. The number of nitrogens with two attached hydrogens (primary N) is 2. The number of halogens is 1. The smallest absolute Gasteiger partial charge is 0.183 e. The molecular weight excluding hydrogens is 344 g/mol. The van der Waals surface area contributed by atoms with Gasteiger partial charge in [0.25, 0.3) is 0 Å². The average molecular weight is 365 g/mol. The van der Waals surface area contributed by atoms with Crippen molar-refractivity contribution in [2.75, 3.05) is 6.54 Å². The molecule has 24 heavy (non-hydrogen) atoms. The Hall–Kier alpha value is -1.40. The molecule has 128 valence electrons. The maximum Gasteiger partial charge on any atom is 0.183 e. The Balaban J connectivity index is 1.98. The van der Waals surface area contributed by atoms with Crippen LogP contribution in [0.25, 0.3) is 0 Å². The van der Waals surface area contributed by atoms with Gasteiger partial charge >= 0.3 is 0 Å². The average Bonchev–Trinajstić information content (AvgIpc) is 3.23. The third kappa shape index (κ3) is 2.75. The van der Waals surface area contributed by atoms with Crippen LogP contribution in [0.1, 0.15) is 24.0 Å². The highest BCUT2D eigenvalue weighted by Crippen LogP contribution is 2.55. The maximum atomic E-state index is 13.0. The van der Waals surface area contributed by atoms with Gasteiger partial charge in [-0.05, 0) is 41.8 Å². The molecule has 1 aliphatic carbocycles. The molecule has 3 atom stereocenters. The predicted molar refractivity (Wildman–Crippen MR) is 97.0 cm³/mol. The summed E-state index contributed by atoms with van der Waals surface area (Å²) in [7, 11) is -3.58. The minimum atomic E-state index is -3.58. The van der Waals surface area contributed by atoms with Crippen LogP contribution in [0.5, 0.6) is 0 Å². The quantitative estimate of drug-likeness (QED) is 0.853. The lowest BCUT2D eigenvalue weighted by Crippen LogP contribution is -2.39. The number of benzene rings is 2. The molecule has 6 heteroatoms. The molecule has 2 aromatic rings. The maximum absolute atomic E-state index is 13.0. The van der Waals surface area contributed by atoms with Gasteiger partial charge in [0, 0.05) is 17.5 Å². The first-order chi connectivity index (χ1) is 11.3. The Labute approximate surface area is 147 Å². The van der Waals surface area contributed by atoms with Crippen molar-refractivity contribution in [1.29, 1.82) is 0 Å². The van der Waals surface area contributed by atoms with Crippen molar-refractivity contribution >= 4 is 21.4 Å². The van der Waals surface area contributed by atoms with E-state index in [2.05, 4.69) is 6.92 Å². The molecule has 0 heterocycles. The monoisotopic (exact) mass is 364 g/mol. The predicted octanol–water partition coefficient (Wildman–Crippen LogP) is 2.50. The first-order valence-corrected chi connectivity index (χ1v) is 9.84. The van der Waals surface area contributed by atoms with Crippen molar-refractivity contribution in [3.63, 3.8) is 0 Å². The Morgan fingerprint density at radius 1 is 1.08 bits per heavy atom. The lowest BCUT2D eigenvalue weighted by molar-refractivity contribution is 0.586. The van der Waals surface area contributed by atoms with E-state index in [0.29, 0.717) is 5.02 Å². The lowest BCUT2D eigenvalue weighted by Gasteiger charge is -2.09. The first-order valence-electron chi connectivity index (χ1n) is 7.92. The van der Waals surface area contributed by atoms with Crippen LogP contribution < -0.4 is 11.5 Å². The van der Waals surface area contributed by atoms with E-state index < -0.39 is 20.6 Å². The Kier molecular flexibility index (Phi) is 4.47. The van der Waals surface area contributed by atoms with Crippen LogP contribution >= 0.6 is 11.6 Å². The highest BCUT2D eigenvalue weighted by atomic mass is 35.5. The Bertz CT molecular complexity index is 834. The Morgan fingerprint density at radius 3 is 2.17 bits per heavy atom. The number of aryl methyl sites for hydroxylation is 1. The van der Waals surface area contributed by atoms with E-state index in [0.717, 1.165) is 12.0 Å². The van der Waals surface area contributed by atoms with Gasteiger partial charge in [0.15, 0.2) is 9.84 Å². The minimum Gasteiger partial charge on any atom is -0.329 e. The van der Waals surface area contributed by atoms with Gasteiger partial charge in [-0.3, -0.25) is 0 Å². The summed E-state index contributed by atoms with van der Waals surface area (Å²) in [5.74, 6) is -0.297. The number of rotatable bonds is 5. The fourth-order valence-corrected chi connectivity index (χ4v) is 5.80. The summed E-state index contributed by atoms with van der Waals surface area (Å²) in [6.07, 6.45) is 0.933. The summed E-state index contributed by atoms with van der Waals surface area (Å²) in [5, 5.41) is -0.224. The van der Waals surface area contributed by atoms with Crippen LogP contribution in [0.15, 0.2) is 53.4 Å². The van der Waals surface area contributed by atoms with Crippen molar-refractivity contribution in [3.8, 4) is 0 Å². The Morgan fingerprint density at radius 2 is 1.67 bits per heavy atom. The zero-order valence-corrected chi connectivity index (χ0v) is 15.0. The summed E-state index contributed by atoms with van der Waals surface area (Å²) in [4.78, 5) is 0.229. The summed E-state index contributed by atoms with van der Waals surface area (Å²) < 4.78 is 26.0. The zero-order chi connectivity index (χ0) is 17.5. The van der Waals surface area contributed by atoms with Crippen LogP contribution in [0.3, 0.4) is 0 Å². The second kappa shape index (κ2) is 6.15. The molecule has 0 amide bonds. The third-order valence-electron chi connectivity index (χ3n) is 4.88.